The van der Waals surface area contributed by atoms with Crippen molar-refractivity contribution in [1.29, 1.82) is 0 Å². The molecule has 18 heavy (non-hydrogen) atoms. The van der Waals surface area contributed by atoms with E-state index < -0.39 is 9.84 Å². The molecule has 0 aromatic rings. The van der Waals surface area contributed by atoms with Gasteiger partial charge in [-0.2, -0.15) is 0 Å². The maximum absolute atomic E-state index is 11.6. The van der Waals surface area contributed by atoms with Gasteiger partial charge in [-0.25, -0.2) is 8.42 Å². The highest BCUT2D eigenvalue weighted by molar-refractivity contribution is 7.91. The zero-order valence-electron chi connectivity index (χ0n) is 11.6. The Balaban J connectivity index is 2.13. The summed E-state index contributed by atoms with van der Waals surface area (Å²) in [6, 6.07) is 0.526. The van der Waals surface area contributed by atoms with Gasteiger partial charge in [0.1, 0.15) is 9.84 Å². The molecule has 2 heterocycles. The fourth-order valence-corrected chi connectivity index (χ4v) is 5.22. The van der Waals surface area contributed by atoms with Crippen molar-refractivity contribution in [3.63, 3.8) is 0 Å². The second-order valence-electron chi connectivity index (χ2n) is 6.25. The van der Waals surface area contributed by atoms with Gasteiger partial charge in [0, 0.05) is 18.1 Å². The van der Waals surface area contributed by atoms with E-state index in [-0.39, 0.29) is 5.54 Å². The van der Waals surface area contributed by atoms with Crippen molar-refractivity contribution in [3.05, 3.63) is 0 Å². The zero-order valence-corrected chi connectivity index (χ0v) is 12.4. The molecule has 2 aliphatic heterocycles. The molecule has 2 rings (SSSR count). The average molecular weight is 274 g/mol. The molecule has 2 unspecified atom stereocenters. The van der Waals surface area contributed by atoms with Crippen molar-refractivity contribution in [1.82, 2.24) is 4.90 Å². The van der Waals surface area contributed by atoms with Gasteiger partial charge in [0.2, 0.25) is 0 Å². The molecule has 2 saturated heterocycles. The molecule has 2 aliphatic rings. The minimum Gasteiger partial charge on any atom is -0.329 e. The molecule has 2 fully saturated rings. The number of piperidine rings is 1. The minimum atomic E-state index is -2.81. The van der Waals surface area contributed by atoms with Crippen LogP contribution in [0.4, 0.5) is 0 Å². The van der Waals surface area contributed by atoms with E-state index in [0.717, 1.165) is 12.5 Å². The summed E-state index contributed by atoms with van der Waals surface area (Å²) in [7, 11) is -2.81. The molecule has 2 atom stereocenters. The molecule has 0 aromatic heterocycles. The third-order valence-electron chi connectivity index (χ3n) is 4.88. The molecule has 106 valence electrons. The summed E-state index contributed by atoms with van der Waals surface area (Å²) in [5.41, 5.74) is 5.95. The fraction of sp³-hybridized carbons (Fsp3) is 1.00. The Morgan fingerprint density at radius 2 is 1.89 bits per heavy atom. The van der Waals surface area contributed by atoms with Crippen LogP contribution in [0.2, 0.25) is 0 Å². The van der Waals surface area contributed by atoms with E-state index in [9.17, 15) is 8.42 Å². The Morgan fingerprint density at radius 1 is 1.28 bits per heavy atom. The number of sulfone groups is 1. The van der Waals surface area contributed by atoms with Gasteiger partial charge >= 0.3 is 0 Å². The molecule has 0 radical (unpaired) electrons. The van der Waals surface area contributed by atoms with Gasteiger partial charge in [-0.3, -0.25) is 4.90 Å². The topological polar surface area (TPSA) is 63.4 Å². The van der Waals surface area contributed by atoms with E-state index in [1.807, 2.05) is 0 Å². The van der Waals surface area contributed by atoms with Crippen LogP contribution in [0.15, 0.2) is 0 Å². The zero-order chi connectivity index (χ0) is 13.4. The summed E-state index contributed by atoms with van der Waals surface area (Å²) in [6.45, 7) is 6.21. The lowest BCUT2D eigenvalue weighted by Crippen LogP contribution is -2.62. The highest BCUT2D eigenvalue weighted by Gasteiger charge is 2.43. The maximum atomic E-state index is 11.6. The Hall–Kier alpha value is -0.130. The van der Waals surface area contributed by atoms with E-state index in [1.165, 1.54) is 12.8 Å². The summed E-state index contributed by atoms with van der Waals surface area (Å²) in [6.07, 6.45) is 3.84. The standard InChI is InChI=1S/C13H26N2O2S/c1-11-3-6-15(12(2)9-11)13(10-14)4-7-18(16,17)8-5-13/h11-12H,3-10,14H2,1-2H3. The number of nitrogens with zero attached hydrogens (tertiary/aromatic N) is 1. The summed E-state index contributed by atoms with van der Waals surface area (Å²) in [4.78, 5) is 2.50. The SMILES string of the molecule is CC1CCN(C2(CN)CCS(=O)(=O)CC2)C(C)C1. The molecule has 0 aromatic carbocycles. The van der Waals surface area contributed by atoms with Crippen molar-refractivity contribution in [2.24, 2.45) is 11.7 Å². The molecule has 0 aliphatic carbocycles. The molecule has 0 bridgehead atoms. The lowest BCUT2D eigenvalue weighted by atomic mass is 9.83. The van der Waals surface area contributed by atoms with Crippen LogP contribution < -0.4 is 5.73 Å². The van der Waals surface area contributed by atoms with Crippen LogP contribution in [0.1, 0.15) is 39.5 Å². The summed E-state index contributed by atoms with van der Waals surface area (Å²) >= 11 is 0. The predicted molar refractivity (Wildman–Crippen MR) is 74.2 cm³/mol. The lowest BCUT2D eigenvalue weighted by molar-refractivity contribution is 0.00814. The average Bonchev–Trinajstić information content (AvgIpc) is 2.31. The van der Waals surface area contributed by atoms with E-state index >= 15 is 0 Å². The van der Waals surface area contributed by atoms with Gasteiger partial charge < -0.3 is 5.73 Å². The highest BCUT2D eigenvalue weighted by Crippen LogP contribution is 2.35. The molecule has 0 saturated carbocycles. The maximum Gasteiger partial charge on any atom is 0.150 e. The first-order chi connectivity index (χ1) is 8.38. The van der Waals surface area contributed by atoms with Crippen LogP contribution in [-0.2, 0) is 9.84 Å². The van der Waals surface area contributed by atoms with Crippen molar-refractivity contribution in [2.45, 2.75) is 51.1 Å². The highest BCUT2D eigenvalue weighted by atomic mass is 32.2. The first-order valence-electron chi connectivity index (χ1n) is 7.06. The van der Waals surface area contributed by atoms with Crippen LogP contribution >= 0.6 is 0 Å². The van der Waals surface area contributed by atoms with Crippen molar-refractivity contribution >= 4 is 9.84 Å². The molecule has 5 heteroatoms. The minimum absolute atomic E-state index is 0.0646. The summed E-state index contributed by atoms with van der Waals surface area (Å²) < 4.78 is 23.2. The van der Waals surface area contributed by atoms with Crippen LogP contribution in [0.25, 0.3) is 0 Å². The Kier molecular flexibility index (Phi) is 4.04. The molecular weight excluding hydrogens is 248 g/mol. The van der Waals surface area contributed by atoms with E-state index in [4.69, 9.17) is 5.73 Å². The van der Waals surface area contributed by atoms with Gasteiger partial charge in [0.05, 0.1) is 11.5 Å². The van der Waals surface area contributed by atoms with Gasteiger partial charge in [-0.05, 0) is 45.1 Å². The largest absolute Gasteiger partial charge is 0.329 e. The fourth-order valence-electron chi connectivity index (χ4n) is 3.64. The number of hydrogen-bond donors (Lipinski definition) is 1. The number of hydrogen-bond acceptors (Lipinski definition) is 4. The summed E-state index contributed by atoms with van der Waals surface area (Å²) in [5, 5.41) is 0. The second-order valence-corrected chi connectivity index (χ2v) is 8.56. The number of rotatable bonds is 2. The van der Waals surface area contributed by atoms with E-state index in [1.54, 1.807) is 0 Å². The van der Waals surface area contributed by atoms with E-state index in [0.29, 0.717) is 36.9 Å². The first kappa shape index (κ1) is 14.3. The van der Waals surface area contributed by atoms with Crippen molar-refractivity contribution in [3.8, 4) is 0 Å². The smallest absolute Gasteiger partial charge is 0.150 e. The Morgan fingerprint density at radius 3 is 2.39 bits per heavy atom. The van der Waals surface area contributed by atoms with Crippen molar-refractivity contribution < 1.29 is 8.42 Å². The van der Waals surface area contributed by atoms with Crippen molar-refractivity contribution in [2.75, 3.05) is 24.6 Å². The third-order valence-corrected chi connectivity index (χ3v) is 6.54. The molecule has 0 amide bonds. The van der Waals surface area contributed by atoms with Crippen LogP contribution in [0.3, 0.4) is 0 Å². The second kappa shape index (κ2) is 5.10. The normalized spacial score (nSPS) is 36.4. The molecule has 4 nitrogen and oxygen atoms in total. The predicted octanol–water partition coefficient (Wildman–Crippen LogP) is 1.01. The first-order valence-corrected chi connectivity index (χ1v) is 8.88. The lowest BCUT2D eigenvalue weighted by Gasteiger charge is -2.51. The van der Waals surface area contributed by atoms with Gasteiger partial charge in [-0.1, -0.05) is 6.92 Å². The molecule has 2 N–H and O–H groups in total. The monoisotopic (exact) mass is 274 g/mol. The number of nitrogens with two attached hydrogens (primary N) is 1. The molecular formula is C13H26N2O2S. The Bertz CT molecular complexity index is 380. The Labute approximate surface area is 111 Å². The van der Waals surface area contributed by atoms with Gasteiger partial charge in [0.15, 0.2) is 0 Å². The van der Waals surface area contributed by atoms with Crippen LogP contribution in [-0.4, -0.2) is 49.5 Å². The molecule has 0 spiro atoms. The summed E-state index contributed by atoms with van der Waals surface area (Å²) in [5.74, 6) is 1.39. The van der Waals surface area contributed by atoms with E-state index in [2.05, 4.69) is 18.7 Å². The third kappa shape index (κ3) is 2.73. The van der Waals surface area contributed by atoms with Gasteiger partial charge in [-0.15, -0.1) is 0 Å². The van der Waals surface area contributed by atoms with Gasteiger partial charge in [0.25, 0.3) is 0 Å². The van der Waals surface area contributed by atoms with Crippen LogP contribution in [0.5, 0.6) is 0 Å². The van der Waals surface area contributed by atoms with Crippen LogP contribution in [0, 0.1) is 5.92 Å². The quantitative estimate of drug-likeness (QED) is 0.816. The number of likely N-dealkylation sites (tertiary alicyclic amines) is 1.